The van der Waals surface area contributed by atoms with Crippen LogP contribution in [-0.2, 0) is 32.2 Å². The molecule has 7 heterocycles. The van der Waals surface area contributed by atoms with Gasteiger partial charge < -0.3 is 34.4 Å². The summed E-state index contributed by atoms with van der Waals surface area (Å²) in [6.45, 7) is 13.4. The summed E-state index contributed by atoms with van der Waals surface area (Å²) in [5, 5.41) is 16.8. The van der Waals surface area contributed by atoms with Gasteiger partial charge in [-0.3, -0.25) is 29.6 Å². The maximum absolute atomic E-state index is 13.1. The first-order valence-electron chi connectivity index (χ1n) is 24.3. The molecule has 1 aliphatic carbocycles. The van der Waals surface area contributed by atoms with Crippen LogP contribution in [0.4, 0.5) is 21.9 Å². The number of piperazine rings is 1. The lowest BCUT2D eigenvalue weighted by Crippen LogP contribution is -2.52. The van der Waals surface area contributed by atoms with Crippen LogP contribution in [-0.4, -0.2) is 122 Å². The molecule has 5 aromatic rings. The Morgan fingerprint density at radius 2 is 1.69 bits per heavy atom. The van der Waals surface area contributed by atoms with Gasteiger partial charge in [-0.05, 0) is 93.8 Å². The predicted octanol–water partition coefficient (Wildman–Crippen LogP) is 6.88. The number of benzene rings is 1. The van der Waals surface area contributed by atoms with Crippen LogP contribution in [0.15, 0.2) is 53.4 Å². The topological polar surface area (TPSA) is 215 Å². The number of aryl methyl sites for hydroxylation is 1. The summed E-state index contributed by atoms with van der Waals surface area (Å²) in [7, 11) is 0. The number of anilines is 3. The molecule has 362 valence electrons. The Morgan fingerprint density at radius 1 is 0.897 bits per heavy atom. The molecule has 1 unspecified atom stereocenters. The largest absolute Gasteiger partial charge is 0.381 e. The van der Waals surface area contributed by atoms with Crippen LogP contribution in [0.1, 0.15) is 123 Å². The van der Waals surface area contributed by atoms with E-state index in [9.17, 15) is 19.2 Å². The number of rotatable bonds is 18. The zero-order valence-electron chi connectivity index (χ0n) is 39.5. The van der Waals surface area contributed by atoms with E-state index >= 15 is 0 Å². The number of hydrogen-bond donors (Lipinski definition) is 3. The van der Waals surface area contributed by atoms with Gasteiger partial charge in [-0.25, -0.2) is 14.3 Å². The van der Waals surface area contributed by atoms with Gasteiger partial charge in [0.05, 0.1) is 35.7 Å². The van der Waals surface area contributed by atoms with Crippen molar-refractivity contribution < 1.29 is 33.2 Å². The third kappa shape index (κ3) is 11.9. The lowest BCUT2D eigenvalue weighted by atomic mass is 10.0. The predicted molar refractivity (Wildman–Crippen MR) is 255 cm³/mol. The second kappa shape index (κ2) is 23.1. The van der Waals surface area contributed by atoms with Crippen LogP contribution >= 0.6 is 0 Å². The third-order valence-corrected chi connectivity index (χ3v) is 12.8. The van der Waals surface area contributed by atoms with Gasteiger partial charge in [0.25, 0.3) is 11.8 Å². The van der Waals surface area contributed by atoms with Crippen LogP contribution in [0.25, 0.3) is 17.2 Å². The van der Waals surface area contributed by atoms with Crippen LogP contribution in [0.2, 0.25) is 0 Å². The Labute approximate surface area is 396 Å². The molecule has 1 saturated carbocycles. The summed E-state index contributed by atoms with van der Waals surface area (Å²) in [6.07, 6.45) is 15.2. The second-order valence-electron chi connectivity index (χ2n) is 18.0. The van der Waals surface area contributed by atoms with E-state index in [1.165, 1.54) is 6.42 Å². The molecule has 3 N–H and O–H groups in total. The van der Waals surface area contributed by atoms with Gasteiger partial charge in [-0.15, -0.1) is 0 Å². The van der Waals surface area contributed by atoms with Gasteiger partial charge in [0.1, 0.15) is 18.3 Å². The molecular weight excluding hydrogens is 869 g/mol. The number of amides is 5. The molecule has 9 rings (SSSR count). The molecule has 0 radical (unpaired) electrons. The zero-order valence-corrected chi connectivity index (χ0v) is 39.5. The quantitative estimate of drug-likeness (QED) is 0.0604. The van der Waals surface area contributed by atoms with Crippen molar-refractivity contribution in [2.75, 3.05) is 68.1 Å². The Kier molecular flexibility index (Phi) is 16.4. The second-order valence-corrected chi connectivity index (χ2v) is 18.0. The van der Waals surface area contributed by atoms with Crippen molar-refractivity contribution in [1.82, 2.24) is 44.8 Å². The fourth-order valence-electron chi connectivity index (χ4n) is 9.38. The first-order valence-corrected chi connectivity index (χ1v) is 24.3. The third-order valence-electron chi connectivity index (χ3n) is 12.8. The van der Waals surface area contributed by atoms with Crippen molar-refractivity contribution in [3.05, 3.63) is 77.2 Å². The van der Waals surface area contributed by atoms with Crippen molar-refractivity contribution in [2.45, 2.75) is 117 Å². The lowest BCUT2D eigenvalue weighted by Gasteiger charge is -2.36. The summed E-state index contributed by atoms with van der Waals surface area (Å²) in [6, 6.07) is 8.66. The van der Waals surface area contributed by atoms with Gasteiger partial charge in [0, 0.05) is 82.2 Å². The number of pyridine rings is 1. The summed E-state index contributed by atoms with van der Waals surface area (Å²) in [5.74, 6) is 0.203. The molecule has 0 bridgehead atoms. The molecule has 3 fully saturated rings. The molecule has 19 nitrogen and oxygen atoms in total. The lowest BCUT2D eigenvalue weighted by molar-refractivity contribution is -0.136. The minimum atomic E-state index is -0.600. The molecule has 3 aliphatic heterocycles. The summed E-state index contributed by atoms with van der Waals surface area (Å²) < 4.78 is 18.9. The van der Waals surface area contributed by atoms with E-state index in [0.29, 0.717) is 66.4 Å². The number of carbonyl (C=O) groups is 4. The number of carbonyl (C=O) groups excluding carboxylic acids is 4. The monoisotopic (exact) mass is 933 g/mol. The van der Waals surface area contributed by atoms with Crippen LogP contribution < -0.4 is 20.9 Å². The van der Waals surface area contributed by atoms with E-state index < -0.39 is 12.1 Å². The van der Waals surface area contributed by atoms with Gasteiger partial charge >= 0.3 is 6.03 Å². The fourth-order valence-corrected chi connectivity index (χ4v) is 9.38. The summed E-state index contributed by atoms with van der Waals surface area (Å²) in [4.78, 5) is 70.1. The minimum absolute atomic E-state index is 0.141. The molecule has 4 aliphatic rings. The number of nitrogens with one attached hydrogen (secondary N) is 3. The maximum Gasteiger partial charge on any atom is 0.323 e. The molecule has 19 heteroatoms. The normalized spacial score (nSPS) is 17.6. The highest BCUT2D eigenvalue weighted by Gasteiger charge is 2.39. The number of imide groups is 1. The number of piperidine rings is 1. The zero-order chi connectivity index (χ0) is 47.4. The highest BCUT2D eigenvalue weighted by Crippen LogP contribution is 2.38. The Bertz CT molecular complexity index is 2530. The number of hydrogen-bond acceptors (Lipinski definition) is 14. The molecule has 2 saturated heterocycles. The number of nitrogens with zero attached hydrogens (tertiary/aromatic N) is 9. The van der Waals surface area contributed by atoms with E-state index in [4.69, 9.17) is 14.0 Å². The van der Waals surface area contributed by atoms with E-state index in [1.54, 1.807) is 23.5 Å². The van der Waals surface area contributed by atoms with Crippen molar-refractivity contribution in [3.63, 3.8) is 0 Å². The maximum atomic E-state index is 13.1. The highest BCUT2D eigenvalue weighted by atomic mass is 16.5. The molecule has 4 aromatic heterocycles. The Morgan fingerprint density at radius 3 is 2.49 bits per heavy atom. The van der Waals surface area contributed by atoms with Crippen LogP contribution in [0.3, 0.4) is 0 Å². The van der Waals surface area contributed by atoms with Gasteiger partial charge in [-0.1, -0.05) is 38.3 Å². The van der Waals surface area contributed by atoms with Gasteiger partial charge in [0.15, 0.2) is 5.65 Å². The van der Waals surface area contributed by atoms with E-state index in [-0.39, 0.29) is 30.7 Å². The molecule has 1 atom stereocenters. The average Bonchev–Trinajstić information content (AvgIpc) is 4.18. The van der Waals surface area contributed by atoms with Gasteiger partial charge in [0.2, 0.25) is 17.6 Å². The summed E-state index contributed by atoms with van der Waals surface area (Å²) >= 11 is 0. The van der Waals surface area contributed by atoms with Crippen molar-refractivity contribution >= 4 is 46.5 Å². The number of aromatic nitrogens is 6. The van der Waals surface area contributed by atoms with E-state index in [0.717, 1.165) is 119 Å². The van der Waals surface area contributed by atoms with E-state index in [2.05, 4.69) is 70.9 Å². The first-order chi connectivity index (χ1) is 33.2. The number of fused-ring (bicyclic) bond motifs is 2. The molecule has 1 aromatic carbocycles. The molecular formula is C49H64N12O7. The Hall–Kier alpha value is -6.31. The fraction of sp³-hybridized carbons (Fsp3) is 0.531. The van der Waals surface area contributed by atoms with Crippen molar-refractivity contribution in [1.29, 1.82) is 0 Å². The smallest absolute Gasteiger partial charge is 0.323 e. The first kappa shape index (κ1) is 48.2. The standard InChI is InChI=1S/C46H56N12O7.C3H8/c1-30-24-33(50-46(62)51-36-27-47-38-14-15-49-58(38)42(36)31-8-3-4-9-31)26-48-41(30)43-53-40(65-54-43)29-64-23-7-22-63-21-6-2-5-16-55-17-19-56(20-18-55)34-10-11-35-32(25-34)28-57(45(35)61)37-12-13-39(59)52-44(37)60;1-3-2/h10-11,14-15,24-27,31,37H,2-9,12-13,16-23,28-29H2,1H3,(H2,50,51,62)(H,52,59,60);3H2,1-2H3. The summed E-state index contributed by atoms with van der Waals surface area (Å²) in [5.41, 5.74) is 6.91. The molecule has 0 spiro atoms. The minimum Gasteiger partial charge on any atom is -0.381 e. The van der Waals surface area contributed by atoms with Crippen LogP contribution in [0, 0.1) is 6.92 Å². The average molecular weight is 933 g/mol. The van der Waals surface area contributed by atoms with Gasteiger partial charge in [-0.2, -0.15) is 10.1 Å². The Balaban J connectivity index is 0.00000203. The van der Waals surface area contributed by atoms with E-state index in [1.807, 2.05) is 35.7 Å². The highest BCUT2D eigenvalue weighted by molar-refractivity contribution is 6.05. The number of urea groups is 1. The van der Waals surface area contributed by atoms with Crippen molar-refractivity contribution in [3.8, 4) is 11.5 Å². The van der Waals surface area contributed by atoms with Crippen molar-refractivity contribution in [2.24, 2.45) is 0 Å². The SMILES string of the molecule is CCC.Cc1cc(NC(=O)Nc2cnc3ccnn3c2C2CCCC2)cnc1-c1noc(COCCCOCCCCCN2CCN(c3ccc4c(c3)CN(C3CCC(=O)NC3=O)C4=O)CC2)n1. The number of ether oxygens (including phenoxy) is 2. The number of unbranched alkanes of at least 4 members (excludes halogenated alkanes) is 2. The van der Waals surface area contributed by atoms with Crippen LogP contribution in [0.5, 0.6) is 0 Å². The molecule has 68 heavy (non-hydrogen) atoms. The molecule has 5 amide bonds.